The van der Waals surface area contributed by atoms with E-state index in [0.29, 0.717) is 16.2 Å². The number of hydrogen-bond donors (Lipinski definition) is 1. The highest BCUT2D eigenvalue weighted by Gasteiger charge is 2.24. The van der Waals surface area contributed by atoms with Gasteiger partial charge in [0, 0.05) is 22.3 Å². The number of aryl methyl sites for hydroxylation is 1. The molecule has 0 aliphatic carbocycles. The zero-order valence-corrected chi connectivity index (χ0v) is 18.7. The molecule has 4 aromatic rings. The number of nitrogens with one attached hydrogen (secondary N) is 1. The van der Waals surface area contributed by atoms with E-state index < -0.39 is 20.2 Å². The molecule has 32 heavy (non-hydrogen) atoms. The number of nitrogens with zero attached hydrogens (tertiary/aromatic N) is 1. The molecule has 0 aliphatic rings. The van der Waals surface area contributed by atoms with Crippen molar-refractivity contribution < 1.29 is 13.2 Å². The summed E-state index contributed by atoms with van der Waals surface area (Å²) in [6.07, 6.45) is 1.22. The fraction of sp³-hybridized carbons (Fsp3) is 0.0833. The summed E-state index contributed by atoms with van der Waals surface area (Å²) >= 11 is 6.08. The molecule has 0 saturated heterocycles. The minimum absolute atomic E-state index is 0.00519. The number of amides is 1. The van der Waals surface area contributed by atoms with Gasteiger partial charge in [0.25, 0.3) is 0 Å². The number of anilines is 1. The Balaban J connectivity index is 1.84. The van der Waals surface area contributed by atoms with E-state index in [1.807, 2.05) is 25.1 Å². The van der Waals surface area contributed by atoms with E-state index in [4.69, 9.17) is 11.6 Å². The Labute approximate surface area is 190 Å². The van der Waals surface area contributed by atoms with Gasteiger partial charge in [-0.1, -0.05) is 48.0 Å². The number of para-hydroxylation sites is 1. The molecule has 0 atom stereocenters. The van der Waals surface area contributed by atoms with Gasteiger partial charge in [-0.2, -0.15) is 0 Å². The number of fused-ring (bicyclic) bond motifs is 1. The maximum Gasteiger partial charge on any atom is 0.244 e. The maximum absolute atomic E-state index is 13.2. The summed E-state index contributed by atoms with van der Waals surface area (Å²) in [5.41, 5.74) is 1.29. The van der Waals surface area contributed by atoms with Gasteiger partial charge >= 0.3 is 0 Å². The van der Waals surface area contributed by atoms with Crippen LogP contribution in [0.4, 0.5) is 5.69 Å². The van der Waals surface area contributed by atoms with Gasteiger partial charge < -0.3 is 9.88 Å². The number of aromatic nitrogens is 1. The quantitative estimate of drug-likeness (QED) is 0.471. The standard InChI is InChI=1S/C24H19ClN2O4S/c1-16-7-5-6-10-20(16)26-23(28)15-27-14-22(32(30,31)18-8-3-2-4-9-18)24(29)19-13-17(25)11-12-21(19)27/h2-14H,15H2,1H3,(H,26,28). The molecule has 4 rings (SSSR count). The Morgan fingerprint density at radius 2 is 1.69 bits per heavy atom. The van der Waals surface area contributed by atoms with E-state index in [1.165, 1.54) is 29.0 Å². The van der Waals surface area contributed by atoms with Crippen LogP contribution in [0, 0.1) is 6.92 Å². The molecule has 0 spiro atoms. The first-order valence-electron chi connectivity index (χ1n) is 9.76. The molecule has 1 N–H and O–H groups in total. The van der Waals surface area contributed by atoms with Gasteiger partial charge in [-0.05, 0) is 48.9 Å². The second kappa shape index (κ2) is 8.61. The zero-order valence-electron chi connectivity index (χ0n) is 17.1. The molecule has 162 valence electrons. The van der Waals surface area contributed by atoms with E-state index in [-0.39, 0.29) is 22.7 Å². The van der Waals surface area contributed by atoms with Crippen molar-refractivity contribution in [3.8, 4) is 0 Å². The molecule has 1 aromatic heterocycles. The number of hydrogen-bond acceptors (Lipinski definition) is 4. The molecule has 0 radical (unpaired) electrons. The first-order chi connectivity index (χ1) is 15.3. The third-order valence-corrected chi connectivity index (χ3v) is 7.08. The molecule has 1 amide bonds. The van der Waals surface area contributed by atoms with Crippen molar-refractivity contribution in [1.29, 1.82) is 0 Å². The highest BCUT2D eigenvalue weighted by molar-refractivity contribution is 7.91. The lowest BCUT2D eigenvalue weighted by atomic mass is 10.2. The highest BCUT2D eigenvalue weighted by Crippen LogP contribution is 2.23. The van der Waals surface area contributed by atoms with E-state index in [0.717, 1.165) is 5.56 Å². The highest BCUT2D eigenvalue weighted by atomic mass is 35.5. The van der Waals surface area contributed by atoms with Crippen molar-refractivity contribution in [1.82, 2.24) is 4.57 Å². The Kier molecular flexibility index (Phi) is 5.86. The van der Waals surface area contributed by atoms with Crippen LogP contribution in [0.1, 0.15) is 5.56 Å². The van der Waals surface area contributed by atoms with Gasteiger partial charge in [0.05, 0.1) is 10.4 Å². The largest absolute Gasteiger partial charge is 0.336 e. The zero-order chi connectivity index (χ0) is 22.9. The average Bonchev–Trinajstić information content (AvgIpc) is 2.77. The van der Waals surface area contributed by atoms with Crippen molar-refractivity contribution >= 4 is 43.9 Å². The maximum atomic E-state index is 13.2. The number of carbonyl (C=O) groups is 1. The van der Waals surface area contributed by atoms with Crippen LogP contribution in [0.5, 0.6) is 0 Å². The Morgan fingerprint density at radius 1 is 1.00 bits per heavy atom. The van der Waals surface area contributed by atoms with Crippen LogP contribution in [-0.2, 0) is 21.2 Å². The lowest BCUT2D eigenvalue weighted by Crippen LogP contribution is -2.24. The Bertz CT molecular complexity index is 1500. The first-order valence-corrected chi connectivity index (χ1v) is 11.6. The van der Waals surface area contributed by atoms with Gasteiger partial charge in [-0.3, -0.25) is 9.59 Å². The number of rotatable bonds is 5. The number of sulfone groups is 1. The fourth-order valence-corrected chi connectivity index (χ4v) is 5.01. The lowest BCUT2D eigenvalue weighted by molar-refractivity contribution is -0.116. The van der Waals surface area contributed by atoms with Crippen LogP contribution in [0.3, 0.4) is 0 Å². The Hall–Kier alpha value is -3.42. The molecule has 6 nitrogen and oxygen atoms in total. The van der Waals surface area contributed by atoms with Crippen LogP contribution < -0.4 is 10.7 Å². The van der Waals surface area contributed by atoms with Gasteiger partial charge in [-0.15, -0.1) is 0 Å². The normalized spacial score (nSPS) is 11.4. The van der Waals surface area contributed by atoms with Crippen molar-refractivity contribution in [2.45, 2.75) is 23.3 Å². The molecule has 0 bridgehead atoms. The number of benzene rings is 3. The Morgan fingerprint density at radius 3 is 2.41 bits per heavy atom. The van der Waals surface area contributed by atoms with Crippen LogP contribution >= 0.6 is 11.6 Å². The second-order valence-electron chi connectivity index (χ2n) is 7.29. The van der Waals surface area contributed by atoms with Gasteiger partial charge in [0.2, 0.25) is 21.2 Å². The topological polar surface area (TPSA) is 85.2 Å². The molecule has 3 aromatic carbocycles. The number of pyridine rings is 1. The van der Waals surface area contributed by atoms with E-state index in [2.05, 4.69) is 5.32 Å². The predicted octanol–water partition coefficient (Wildman–Crippen LogP) is 4.43. The van der Waals surface area contributed by atoms with Crippen molar-refractivity contribution in [2.24, 2.45) is 0 Å². The molecule has 0 aliphatic heterocycles. The minimum Gasteiger partial charge on any atom is -0.336 e. The number of halogens is 1. The first kappa shape index (κ1) is 21.8. The monoisotopic (exact) mass is 466 g/mol. The van der Waals surface area contributed by atoms with Gasteiger partial charge in [0.15, 0.2) is 0 Å². The third-order valence-electron chi connectivity index (χ3n) is 5.09. The average molecular weight is 467 g/mol. The molecule has 0 unspecified atom stereocenters. The molecular weight excluding hydrogens is 448 g/mol. The van der Waals surface area contributed by atoms with Gasteiger partial charge in [-0.25, -0.2) is 8.42 Å². The summed E-state index contributed by atoms with van der Waals surface area (Å²) in [5.74, 6) is -0.359. The summed E-state index contributed by atoms with van der Waals surface area (Å²) in [4.78, 5) is 25.5. The van der Waals surface area contributed by atoms with Crippen molar-refractivity contribution in [3.05, 3.63) is 99.8 Å². The smallest absolute Gasteiger partial charge is 0.244 e. The predicted molar refractivity (Wildman–Crippen MR) is 125 cm³/mol. The van der Waals surface area contributed by atoms with Crippen LogP contribution in [0.2, 0.25) is 5.02 Å². The summed E-state index contributed by atoms with van der Waals surface area (Å²) < 4.78 is 27.9. The van der Waals surface area contributed by atoms with Crippen LogP contribution in [0.25, 0.3) is 10.9 Å². The second-order valence-corrected chi connectivity index (χ2v) is 9.65. The molecule has 0 saturated carbocycles. The van der Waals surface area contributed by atoms with Crippen LogP contribution in [-0.4, -0.2) is 18.9 Å². The van der Waals surface area contributed by atoms with Crippen molar-refractivity contribution in [2.75, 3.05) is 5.32 Å². The summed E-state index contributed by atoms with van der Waals surface area (Å²) in [6, 6.07) is 19.6. The van der Waals surface area contributed by atoms with E-state index >= 15 is 0 Å². The van der Waals surface area contributed by atoms with E-state index in [1.54, 1.807) is 36.4 Å². The minimum atomic E-state index is -4.11. The third kappa shape index (κ3) is 4.17. The SMILES string of the molecule is Cc1ccccc1NC(=O)Cn1cc(S(=O)(=O)c2ccccc2)c(=O)c2cc(Cl)ccc21. The van der Waals surface area contributed by atoms with Crippen molar-refractivity contribution in [3.63, 3.8) is 0 Å². The summed E-state index contributed by atoms with van der Waals surface area (Å²) in [7, 11) is -4.11. The van der Waals surface area contributed by atoms with E-state index in [9.17, 15) is 18.0 Å². The fourth-order valence-electron chi connectivity index (χ4n) is 3.45. The molecule has 8 heteroatoms. The summed E-state index contributed by atoms with van der Waals surface area (Å²) in [6.45, 7) is 1.68. The molecule has 1 heterocycles. The van der Waals surface area contributed by atoms with Crippen LogP contribution in [0.15, 0.2) is 93.6 Å². The summed E-state index contributed by atoms with van der Waals surface area (Å²) in [5, 5.41) is 3.24. The molecular formula is C24H19ClN2O4S. The lowest BCUT2D eigenvalue weighted by Gasteiger charge is -2.15. The number of carbonyl (C=O) groups excluding carboxylic acids is 1. The molecule has 0 fully saturated rings. The van der Waals surface area contributed by atoms with Gasteiger partial charge in [0.1, 0.15) is 11.4 Å².